The van der Waals surface area contributed by atoms with Gasteiger partial charge in [-0.25, -0.2) is 4.98 Å². The van der Waals surface area contributed by atoms with Crippen LogP contribution < -0.4 is 10.6 Å². The Labute approximate surface area is 177 Å². The van der Waals surface area contributed by atoms with E-state index in [1.807, 2.05) is 48.7 Å². The minimum Gasteiger partial charge on any atom is -0.350 e. The average Bonchev–Trinajstić information content (AvgIpc) is 2.79. The van der Waals surface area contributed by atoms with Crippen molar-refractivity contribution in [2.24, 2.45) is 0 Å². The third-order valence-corrected chi connectivity index (χ3v) is 4.81. The predicted molar refractivity (Wildman–Crippen MR) is 123 cm³/mol. The summed E-state index contributed by atoms with van der Waals surface area (Å²) in [4.78, 5) is 13.6. The van der Waals surface area contributed by atoms with Crippen LogP contribution in [0.15, 0.2) is 85.2 Å². The Morgan fingerprint density at radius 2 is 1.67 bits per heavy atom. The van der Waals surface area contributed by atoms with Crippen LogP contribution in [0.1, 0.15) is 30.9 Å². The lowest BCUT2D eigenvalue weighted by molar-refractivity contribution is 0.869. The number of nitrogens with zero attached hydrogens (tertiary/aromatic N) is 3. The molecule has 0 bridgehead atoms. The second-order valence-corrected chi connectivity index (χ2v) is 7.41. The molecule has 0 saturated carbocycles. The Bertz CT molecular complexity index is 1090. The van der Waals surface area contributed by atoms with Crippen LogP contribution >= 0.6 is 0 Å². The van der Waals surface area contributed by atoms with Gasteiger partial charge in [0, 0.05) is 36.3 Å². The standard InChI is InChI=1S/C25H25N5/c1-18(2)21-12-6-7-13-22(21)28-24-15-23(20-10-4-3-5-11-20)29-25(30-24)27-17-19-9-8-14-26-16-19/h3-16,18H,17H2,1-2H3,(H2,27,28,29,30). The molecule has 0 amide bonds. The Hall–Kier alpha value is -3.73. The zero-order valence-electron chi connectivity index (χ0n) is 17.2. The van der Waals surface area contributed by atoms with E-state index in [0.29, 0.717) is 18.4 Å². The van der Waals surface area contributed by atoms with E-state index in [0.717, 1.165) is 28.3 Å². The van der Waals surface area contributed by atoms with Gasteiger partial charge in [-0.15, -0.1) is 0 Å². The molecule has 0 aliphatic heterocycles. The van der Waals surface area contributed by atoms with Gasteiger partial charge in [0.1, 0.15) is 5.82 Å². The molecule has 150 valence electrons. The van der Waals surface area contributed by atoms with Gasteiger partial charge < -0.3 is 10.6 Å². The molecule has 2 aromatic heterocycles. The molecule has 30 heavy (non-hydrogen) atoms. The van der Waals surface area contributed by atoms with Gasteiger partial charge in [0.05, 0.1) is 5.69 Å². The van der Waals surface area contributed by atoms with Crippen molar-refractivity contribution in [3.8, 4) is 11.3 Å². The summed E-state index contributed by atoms with van der Waals surface area (Å²) in [5.41, 5.74) is 5.30. The first-order chi connectivity index (χ1) is 14.7. The maximum atomic E-state index is 4.74. The Morgan fingerprint density at radius 3 is 2.43 bits per heavy atom. The van der Waals surface area contributed by atoms with E-state index >= 15 is 0 Å². The second kappa shape index (κ2) is 9.18. The van der Waals surface area contributed by atoms with Crippen molar-refractivity contribution in [1.29, 1.82) is 0 Å². The molecule has 2 aromatic carbocycles. The molecule has 0 saturated heterocycles. The van der Waals surface area contributed by atoms with E-state index in [4.69, 9.17) is 9.97 Å². The number of pyridine rings is 1. The fraction of sp³-hybridized carbons (Fsp3) is 0.160. The number of rotatable bonds is 7. The van der Waals surface area contributed by atoms with Crippen molar-refractivity contribution in [2.75, 3.05) is 10.6 Å². The van der Waals surface area contributed by atoms with Gasteiger partial charge in [-0.1, -0.05) is 68.4 Å². The van der Waals surface area contributed by atoms with E-state index in [1.165, 1.54) is 5.56 Å². The molecular weight excluding hydrogens is 370 g/mol. The zero-order chi connectivity index (χ0) is 20.8. The van der Waals surface area contributed by atoms with E-state index in [9.17, 15) is 0 Å². The summed E-state index contributed by atoms with van der Waals surface area (Å²) in [6.07, 6.45) is 3.61. The Kier molecular flexibility index (Phi) is 5.99. The summed E-state index contributed by atoms with van der Waals surface area (Å²) in [5, 5.41) is 6.83. The van der Waals surface area contributed by atoms with Crippen LogP contribution in [-0.4, -0.2) is 15.0 Å². The van der Waals surface area contributed by atoms with E-state index in [-0.39, 0.29) is 0 Å². The van der Waals surface area contributed by atoms with Crippen molar-refractivity contribution >= 4 is 17.5 Å². The minimum atomic E-state index is 0.410. The highest BCUT2D eigenvalue weighted by molar-refractivity contribution is 5.68. The highest BCUT2D eigenvalue weighted by atomic mass is 15.1. The van der Waals surface area contributed by atoms with Crippen molar-refractivity contribution in [3.63, 3.8) is 0 Å². The fourth-order valence-electron chi connectivity index (χ4n) is 3.28. The summed E-state index contributed by atoms with van der Waals surface area (Å²) in [7, 11) is 0. The van der Waals surface area contributed by atoms with Crippen LogP contribution in [0.3, 0.4) is 0 Å². The number of hydrogen-bond acceptors (Lipinski definition) is 5. The quantitative estimate of drug-likeness (QED) is 0.401. The number of benzene rings is 2. The largest absolute Gasteiger partial charge is 0.350 e. The molecule has 5 nitrogen and oxygen atoms in total. The lowest BCUT2D eigenvalue weighted by Crippen LogP contribution is -2.07. The summed E-state index contributed by atoms with van der Waals surface area (Å²) in [6, 6.07) is 24.4. The van der Waals surface area contributed by atoms with E-state index < -0.39 is 0 Å². The molecule has 0 atom stereocenters. The van der Waals surface area contributed by atoms with Crippen molar-refractivity contribution in [2.45, 2.75) is 26.3 Å². The summed E-state index contributed by atoms with van der Waals surface area (Å²) >= 11 is 0. The van der Waals surface area contributed by atoms with Crippen LogP contribution in [0, 0.1) is 0 Å². The first kappa shape index (κ1) is 19.6. The molecule has 0 aliphatic carbocycles. The first-order valence-corrected chi connectivity index (χ1v) is 10.1. The number of hydrogen-bond donors (Lipinski definition) is 2. The number of nitrogens with one attached hydrogen (secondary N) is 2. The average molecular weight is 396 g/mol. The van der Waals surface area contributed by atoms with Crippen molar-refractivity contribution in [1.82, 2.24) is 15.0 Å². The van der Waals surface area contributed by atoms with Gasteiger partial charge in [-0.2, -0.15) is 4.98 Å². The summed E-state index contributed by atoms with van der Waals surface area (Å²) in [5.74, 6) is 1.74. The van der Waals surface area contributed by atoms with Gasteiger partial charge in [0.2, 0.25) is 5.95 Å². The molecule has 2 N–H and O–H groups in total. The van der Waals surface area contributed by atoms with Crippen LogP contribution in [0.5, 0.6) is 0 Å². The maximum absolute atomic E-state index is 4.74. The van der Waals surface area contributed by atoms with Gasteiger partial charge >= 0.3 is 0 Å². The molecule has 0 radical (unpaired) electrons. The Balaban J connectivity index is 1.67. The van der Waals surface area contributed by atoms with Crippen LogP contribution in [0.2, 0.25) is 0 Å². The predicted octanol–water partition coefficient (Wildman–Crippen LogP) is 6.02. The van der Waals surface area contributed by atoms with Crippen LogP contribution in [0.4, 0.5) is 17.5 Å². The van der Waals surface area contributed by atoms with Crippen molar-refractivity contribution in [3.05, 3.63) is 96.3 Å². The van der Waals surface area contributed by atoms with E-state index in [2.05, 4.69) is 59.8 Å². The maximum Gasteiger partial charge on any atom is 0.225 e. The lowest BCUT2D eigenvalue weighted by Gasteiger charge is -2.15. The SMILES string of the molecule is CC(C)c1ccccc1Nc1cc(-c2ccccc2)nc(NCc2cccnc2)n1. The molecule has 2 heterocycles. The molecule has 4 rings (SSSR count). The van der Waals surface area contributed by atoms with Crippen LogP contribution in [-0.2, 0) is 6.54 Å². The molecule has 0 aliphatic rings. The zero-order valence-corrected chi connectivity index (χ0v) is 17.2. The molecule has 0 unspecified atom stereocenters. The third-order valence-electron chi connectivity index (χ3n) is 4.81. The number of para-hydroxylation sites is 1. The van der Waals surface area contributed by atoms with E-state index in [1.54, 1.807) is 6.20 Å². The first-order valence-electron chi connectivity index (χ1n) is 10.1. The minimum absolute atomic E-state index is 0.410. The monoisotopic (exact) mass is 395 g/mol. The fourth-order valence-corrected chi connectivity index (χ4v) is 3.28. The molecule has 4 aromatic rings. The highest BCUT2D eigenvalue weighted by Gasteiger charge is 2.10. The highest BCUT2D eigenvalue weighted by Crippen LogP contribution is 2.28. The molecule has 5 heteroatoms. The van der Waals surface area contributed by atoms with Gasteiger partial charge in [0.15, 0.2) is 0 Å². The Morgan fingerprint density at radius 1 is 0.867 bits per heavy atom. The van der Waals surface area contributed by atoms with Gasteiger partial charge in [-0.05, 0) is 29.2 Å². The molecular formula is C25H25N5. The number of anilines is 3. The smallest absolute Gasteiger partial charge is 0.225 e. The second-order valence-electron chi connectivity index (χ2n) is 7.41. The molecule has 0 fully saturated rings. The summed E-state index contributed by atoms with van der Waals surface area (Å²) < 4.78 is 0. The lowest BCUT2D eigenvalue weighted by atomic mass is 10.0. The normalized spacial score (nSPS) is 10.8. The van der Waals surface area contributed by atoms with Crippen LogP contribution in [0.25, 0.3) is 11.3 Å². The van der Waals surface area contributed by atoms with Crippen molar-refractivity contribution < 1.29 is 0 Å². The topological polar surface area (TPSA) is 62.7 Å². The third kappa shape index (κ3) is 4.81. The number of aromatic nitrogens is 3. The summed E-state index contributed by atoms with van der Waals surface area (Å²) in [6.45, 7) is 4.99. The van der Waals surface area contributed by atoms with Gasteiger partial charge in [-0.3, -0.25) is 4.98 Å². The van der Waals surface area contributed by atoms with Gasteiger partial charge in [0.25, 0.3) is 0 Å². The molecule has 0 spiro atoms.